The zero-order valence-electron chi connectivity index (χ0n) is 12.0. The standard InChI is InChI=1S/C16H23Cl2N/c1-11(2)19-10-16(3,13-5-6-13)9-12-4-7-14(17)8-15(12)18/h4,7-8,11,13,19H,5-6,9-10H2,1-3H3. The smallest absolute Gasteiger partial charge is 0.0453 e. The molecule has 1 aliphatic carbocycles. The van der Waals surface area contributed by atoms with Crippen molar-refractivity contribution in [3.05, 3.63) is 33.8 Å². The van der Waals surface area contributed by atoms with E-state index in [9.17, 15) is 0 Å². The van der Waals surface area contributed by atoms with Gasteiger partial charge in [-0.2, -0.15) is 0 Å². The molecule has 0 amide bonds. The Morgan fingerprint density at radius 1 is 1.32 bits per heavy atom. The van der Waals surface area contributed by atoms with Gasteiger partial charge in [0.2, 0.25) is 0 Å². The Bertz CT molecular complexity index is 440. The van der Waals surface area contributed by atoms with E-state index in [0.717, 1.165) is 23.9 Å². The molecule has 1 atom stereocenters. The molecule has 1 nitrogen and oxygen atoms in total. The van der Waals surface area contributed by atoms with Crippen LogP contribution in [0.4, 0.5) is 0 Å². The Kier molecular flexibility index (Phi) is 4.81. The average molecular weight is 300 g/mol. The van der Waals surface area contributed by atoms with Crippen LogP contribution >= 0.6 is 23.2 Å². The fourth-order valence-corrected chi connectivity index (χ4v) is 3.14. The number of rotatable bonds is 6. The highest BCUT2D eigenvalue weighted by Gasteiger charge is 2.41. The molecule has 0 aromatic heterocycles. The number of halogens is 2. The third kappa shape index (κ3) is 4.11. The van der Waals surface area contributed by atoms with Crippen molar-refractivity contribution < 1.29 is 0 Å². The number of hydrogen-bond acceptors (Lipinski definition) is 1. The van der Waals surface area contributed by atoms with E-state index < -0.39 is 0 Å². The lowest BCUT2D eigenvalue weighted by molar-refractivity contribution is 0.248. The summed E-state index contributed by atoms with van der Waals surface area (Å²) < 4.78 is 0. The van der Waals surface area contributed by atoms with Crippen LogP contribution in [0.15, 0.2) is 18.2 Å². The first kappa shape index (κ1) is 15.2. The quantitative estimate of drug-likeness (QED) is 0.783. The second kappa shape index (κ2) is 6.03. The first-order valence-electron chi connectivity index (χ1n) is 7.08. The molecule has 2 rings (SSSR count). The molecule has 1 aromatic rings. The van der Waals surface area contributed by atoms with E-state index in [1.165, 1.54) is 18.4 Å². The predicted octanol–water partition coefficient (Wildman–Crippen LogP) is 4.95. The first-order chi connectivity index (χ1) is 8.90. The van der Waals surface area contributed by atoms with Gasteiger partial charge in [-0.05, 0) is 48.3 Å². The van der Waals surface area contributed by atoms with Gasteiger partial charge in [-0.1, -0.05) is 50.0 Å². The minimum Gasteiger partial charge on any atom is -0.314 e. The van der Waals surface area contributed by atoms with Crippen molar-refractivity contribution in [2.45, 2.75) is 46.1 Å². The second-order valence-corrected chi connectivity index (χ2v) is 7.22. The summed E-state index contributed by atoms with van der Waals surface area (Å²) in [4.78, 5) is 0. The summed E-state index contributed by atoms with van der Waals surface area (Å²) in [5.74, 6) is 0.825. The van der Waals surface area contributed by atoms with Crippen molar-refractivity contribution in [2.24, 2.45) is 11.3 Å². The highest BCUT2D eigenvalue weighted by atomic mass is 35.5. The molecule has 19 heavy (non-hydrogen) atoms. The van der Waals surface area contributed by atoms with Crippen LogP contribution in [0.3, 0.4) is 0 Å². The van der Waals surface area contributed by atoms with Crippen molar-refractivity contribution in [3.63, 3.8) is 0 Å². The van der Waals surface area contributed by atoms with Gasteiger partial charge in [-0.25, -0.2) is 0 Å². The molecule has 0 spiro atoms. The van der Waals surface area contributed by atoms with E-state index in [4.69, 9.17) is 23.2 Å². The fourth-order valence-electron chi connectivity index (χ4n) is 2.67. The van der Waals surface area contributed by atoms with Gasteiger partial charge in [0.1, 0.15) is 0 Å². The largest absolute Gasteiger partial charge is 0.314 e. The molecule has 1 saturated carbocycles. The van der Waals surface area contributed by atoms with Crippen molar-refractivity contribution >= 4 is 23.2 Å². The molecular formula is C16H23Cl2N. The average Bonchev–Trinajstić information content (AvgIpc) is 3.15. The fraction of sp³-hybridized carbons (Fsp3) is 0.625. The molecule has 0 bridgehead atoms. The first-order valence-corrected chi connectivity index (χ1v) is 7.83. The Hall–Kier alpha value is -0.240. The molecular weight excluding hydrogens is 277 g/mol. The molecule has 3 heteroatoms. The van der Waals surface area contributed by atoms with E-state index in [-0.39, 0.29) is 0 Å². The molecule has 0 radical (unpaired) electrons. The number of benzene rings is 1. The number of hydrogen-bond donors (Lipinski definition) is 1. The summed E-state index contributed by atoms with van der Waals surface area (Å²) >= 11 is 12.3. The highest BCUT2D eigenvalue weighted by Crippen LogP contribution is 2.47. The van der Waals surface area contributed by atoms with Gasteiger partial charge in [0, 0.05) is 22.6 Å². The number of nitrogens with one attached hydrogen (secondary N) is 1. The van der Waals surface area contributed by atoms with Gasteiger partial charge in [0.25, 0.3) is 0 Å². The van der Waals surface area contributed by atoms with Crippen LogP contribution in [0.5, 0.6) is 0 Å². The summed E-state index contributed by atoms with van der Waals surface area (Å²) in [6.45, 7) is 7.82. The van der Waals surface area contributed by atoms with Crippen LogP contribution in [0, 0.1) is 11.3 Å². The maximum atomic E-state index is 6.32. The minimum atomic E-state index is 0.293. The van der Waals surface area contributed by atoms with Crippen LogP contribution in [-0.2, 0) is 6.42 Å². The van der Waals surface area contributed by atoms with Crippen LogP contribution < -0.4 is 5.32 Å². The van der Waals surface area contributed by atoms with Gasteiger partial charge in [0.15, 0.2) is 0 Å². The predicted molar refractivity (Wildman–Crippen MR) is 84.1 cm³/mol. The molecule has 0 saturated heterocycles. The lowest BCUT2D eigenvalue weighted by Crippen LogP contribution is -2.38. The van der Waals surface area contributed by atoms with Crippen LogP contribution in [-0.4, -0.2) is 12.6 Å². The molecule has 1 fully saturated rings. The Morgan fingerprint density at radius 2 is 2.00 bits per heavy atom. The van der Waals surface area contributed by atoms with E-state index in [0.29, 0.717) is 16.5 Å². The maximum absolute atomic E-state index is 6.32. The van der Waals surface area contributed by atoms with Gasteiger partial charge in [-0.3, -0.25) is 0 Å². The molecule has 0 aliphatic heterocycles. The van der Waals surface area contributed by atoms with Crippen molar-refractivity contribution in [1.82, 2.24) is 5.32 Å². The van der Waals surface area contributed by atoms with Gasteiger partial charge in [0.05, 0.1) is 0 Å². The molecule has 0 heterocycles. The third-order valence-corrected chi connectivity index (χ3v) is 4.67. The van der Waals surface area contributed by atoms with Crippen molar-refractivity contribution in [1.29, 1.82) is 0 Å². The summed E-state index contributed by atoms with van der Waals surface area (Å²) in [5, 5.41) is 5.10. The van der Waals surface area contributed by atoms with Crippen molar-refractivity contribution in [2.75, 3.05) is 6.54 Å². The van der Waals surface area contributed by atoms with E-state index in [1.54, 1.807) is 0 Å². The monoisotopic (exact) mass is 299 g/mol. The third-order valence-electron chi connectivity index (χ3n) is 4.09. The summed E-state index contributed by atoms with van der Waals surface area (Å²) in [5.41, 5.74) is 1.51. The van der Waals surface area contributed by atoms with Crippen LogP contribution in [0.25, 0.3) is 0 Å². The molecule has 1 aromatic carbocycles. The van der Waals surface area contributed by atoms with E-state index >= 15 is 0 Å². The lowest BCUT2D eigenvalue weighted by Gasteiger charge is -2.31. The van der Waals surface area contributed by atoms with Crippen LogP contribution in [0.2, 0.25) is 10.0 Å². The Labute approximate surface area is 126 Å². The van der Waals surface area contributed by atoms with Gasteiger partial charge >= 0.3 is 0 Å². The molecule has 106 valence electrons. The topological polar surface area (TPSA) is 12.0 Å². The molecule has 1 N–H and O–H groups in total. The van der Waals surface area contributed by atoms with E-state index in [1.807, 2.05) is 12.1 Å². The zero-order valence-corrected chi connectivity index (χ0v) is 13.5. The molecule has 1 unspecified atom stereocenters. The second-order valence-electron chi connectivity index (χ2n) is 6.38. The van der Waals surface area contributed by atoms with Gasteiger partial charge in [-0.15, -0.1) is 0 Å². The Balaban J connectivity index is 2.11. The Morgan fingerprint density at radius 3 is 2.53 bits per heavy atom. The van der Waals surface area contributed by atoms with Crippen LogP contribution in [0.1, 0.15) is 39.2 Å². The minimum absolute atomic E-state index is 0.293. The highest BCUT2D eigenvalue weighted by molar-refractivity contribution is 6.35. The lowest BCUT2D eigenvalue weighted by atomic mass is 9.78. The SMILES string of the molecule is CC(C)NCC(C)(Cc1ccc(Cl)cc1Cl)C1CC1. The van der Waals surface area contributed by atoms with Gasteiger partial charge < -0.3 is 5.32 Å². The van der Waals surface area contributed by atoms with Crippen molar-refractivity contribution in [3.8, 4) is 0 Å². The zero-order chi connectivity index (χ0) is 14.0. The molecule has 1 aliphatic rings. The normalized spacial score (nSPS) is 18.6. The maximum Gasteiger partial charge on any atom is 0.0453 e. The summed E-state index contributed by atoms with van der Waals surface area (Å²) in [6.07, 6.45) is 3.72. The van der Waals surface area contributed by atoms with E-state index in [2.05, 4.69) is 32.2 Å². The summed E-state index contributed by atoms with van der Waals surface area (Å²) in [7, 11) is 0. The summed E-state index contributed by atoms with van der Waals surface area (Å²) in [6, 6.07) is 6.38.